The van der Waals surface area contributed by atoms with E-state index in [0.717, 1.165) is 6.08 Å². The normalized spacial score (nSPS) is 23.4. The molecule has 0 amide bonds. The average Bonchev–Trinajstić information content (AvgIpc) is 1.81. The van der Waals surface area contributed by atoms with E-state index >= 15 is 0 Å². The molecule has 4 nitrogen and oxygen atoms in total. The zero-order chi connectivity index (χ0) is 8.65. The van der Waals surface area contributed by atoms with Crippen molar-refractivity contribution < 1.29 is 19.8 Å². The van der Waals surface area contributed by atoms with Crippen LogP contribution >= 0.6 is 0 Å². The standard InChI is InChI=1S/C7H8O4/c1-4-2-5(8)3-7(10,11)6(4)9/h2,10-11H,3H2,1H3. The first-order chi connectivity index (χ1) is 4.93. The fraction of sp³-hybridized carbons (Fsp3) is 0.429. The number of Topliss-reactive ketones (excluding diaryl/α,β-unsaturated/α-hetero) is 1. The highest BCUT2D eigenvalue weighted by atomic mass is 16.5. The Hall–Kier alpha value is -1.00. The van der Waals surface area contributed by atoms with Crippen LogP contribution in [0.25, 0.3) is 0 Å². The second kappa shape index (κ2) is 2.25. The van der Waals surface area contributed by atoms with Gasteiger partial charge in [0, 0.05) is 5.57 Å². The monoisotopic (exact) mass is 156 g/mol. The first-order valence-corrected chi connectivity index (χ1v) is 3.14. The van der Waals surface area contributed by atoms with Gasteiger partial charge in [-0.15, -0.1) is 0 Å². The number of ketones is 2. The summed E-state index contributed by atoms with van der Waals surface area (Å²) in [6.45, 7) is 1.38. The van der Waals surface area contributed by atoms with Crippen molar-refractivity contribution in [3.05, 3.63) is 11.6 Å². The Kier molecular flexibility index (Phi) is 1.66. The molecular weight excluding hydrogens is 148 g/mol. The van der Waals surface area contributed by atoms with Crippen LogP contribution in [0.2, 0.25) is 0 Å². The van der Waals surface area contributed by atoms with E-state index in [1.807, 2.05) is 0 Å². The SMILES string of the molecule is CC1=CC(=O)CC(O)(O)C1=O. The van der Waals surface area contributed by atoms with Crippen molar-refractivity contribution in [3.8, 4) is 0 Å². The van der Waals surface area contributed by atoms with E-state index in [1.54, 1.807) is 0 Å². The Balaban J connectivity index is 3.05. The van der Waals surface area contributed by atoms with Gasteiger partial charge in [0.05, 0.1) is 6.42 Å². The molecule has 0 saturated heterocycles. The number of allylic oxidation sites excluding steroid dienone is 1. The zero-order valence-electron chi connectivity index (χ0n) is 6.00. The second-order valence-electron chi connectivity index (χ2n) is 2.62. The summed E-state index contributed by atoms with van der Waals surface area (Å²) in [5.41, 5.74) is 0.0891. The number of carbonyl (C=O) groups is 2. The van der Waals surface area contributed by atoms with Crippen molar-refractivity contribution in [3.63, 3.8) is 0 Å². The Morgan fingerprint density at radius 1 is 1.45 bits per heavy atom. The lowest BCUT2D eigenvalue weighted by molar-refractivity contribution is -0.183. The molecule has 0 heterocycles. The van der Waals surface area contributed by atoms with Crippen LogP contribution in [-0.2, 0) is 9.59 Å². The van der Waals surface area contributed by atoms with Gasteiger partial charge < -0.3 is 10.2 Å². The van der Waals surface area contributed by atoms with E-state index in [0.29, 0.717) is 0 Å². The molecule has 0 spiro atoms. The first-order valence-electron chi connectivity index (χ1n) is 3.14. The highest BCUT2D eigenvalue weighted by molar-refractivity contribution is 6.11. The van der Waals surface area contributed by atoms with Gasteiger partial charge >= 0.3 is 0 Å². The van der Waals surface area contributed by atoms with Gasteiger partial charge in [0.1, 0.15) is 0 Å². The van der Waals surface area contributed by atoms with Crippen LogP contribution in [0.15, 0.2) is 11.6 Å². The van der Waals surface area contributed by atoms with Crippen LogP contribution in [-0.4, -0.2) is 27.6 Å². The van der Waals surface area contributed by atoms with Gasteiger partial charge in [-0.05, 0) is 13.0 Å². The van der Waals surface area contributed by atoms with E-state index < -0.39 is 23.8 Å². The molecule has 0 aliphatic heterocycles. The molecule has 1 aliphatic carbocycles. The van der Waals surface area contributed by atoms with Crippen molar-refractivity contribution >= 4 is 11.6 Å². The molecule has 0 atom stereocenters. The third-order valence-corrected chi connectivity index (χ3v) is 1.52. The average molecular weight is 156 g/mol. The third kappa shape index (κ3) is 1.36. The maximum absolute atomic E-state index is 10.9. The van der Waals surface area contributed by atoms with Crippen LogP contribution in [0.5, 0.6) is 0 Å². The van der Waals surface area contributed by atoms with Gasteiger partial charge in [-0.1, -0.05) is 0 Å². The second-order valence-corrected chi connectivity index (χ2v) is 2.62. The lowest BCUT2D eigenvalue weighted by Crippen LogP contribution is -2.43. The van der Waals surface area contributed by atoms with E-state index in [2.05, 4.69) is 0 Å². The van der Waals surface area contributed by atoms with E-state index in [1.165, 1.54) is 6.92 Å². The van der Waals surface area contributed by atoms with Crippen LogP contribution in [0.1, 0.15) is 13.3 Å². The molecule has 0 unspecified atom stereocenters. The number of rotatable bonds is 0. The Labute approximate surface area is 63.1 Å². The van der Waals surface area contributed by atoms with Crippen LogP contribution in [0.3, 0.4) is 0 Å². The Bertz CT molecular complexity index is 249. The fourth-order valence-electron chi connectivity index (χ4n) is 0.997. The lowest BCUT2D eigenvalue weighted by Gasteiger charge is -2.22. The molecule has 0 bridgehead atoms. The molecule has 2 N–H and O–H groups in total. The molecule has 4 heteroatoms. The molecule has 60 valence electrons. The minimum absolute atomic E-state index is 0.0891. The van der Waals surface area contributed by atoms with E-state index in [4.69, 9.17) is 10.2 Å². The summed E-state index contributed by atoms with van der Waals surface area (Å²) in [6.07, 6.45) is 0.580. The number of aliphatic hydroxyl groups is 2. The topological polar surface area (TPSA) is 74.6 Å². The van der Waals surface area contributed by atoms with Crippen molar-refractivity contribution in [2.75, 3.05) is 0 Å². The third-order valence-electron chi connectivity index (χ3n) is 1.52. The molecule has 0 fully saturated rings. The Morgan fingerprint density at radius 2 is 2.00 bits per heavy atom. The van der Waals surface area contributed by atoms with Gasteiger partial charge in [-0.25, -0.2) is 0 Å². The first kappa shape index (κ1) is 8.10. The highest BCUT2D eigenvalue weighted by Crippen LogP contribution is 2.19. The van der Waals surface area contributed by atoms with Crippen molar-refractivity contribution in [2.24, 2.45) is 0 Å². The van der Waals surface area contributed by atoms with E-state index in [9.17, 15) is 9.59 Å². The number of hydrogen-bond acceptors (Lipinski definition) is 4. The van der Waals surface area contributed by atoms with E-state index in [-0.39, 0.29) is 5.57 Å². The summed E-state index contributed by atoms with van der Waals surface area (Å²) in [5.74, 6) is -3.71. The molecule has 1 rings (SSSR count). The Morgan fingerprint density at radius 3 is 2.45 bits per heavy atom. The van der Waals surface area contributed by atoms with Crippen molar-refractivity contribution in [2.45, 2.75) is 19.1 Å². The lowest BCUT2D eigenvalue weighted by atomic mass is 9.92. The molecular formula is C7H8O4. The summed E-state index contributed by atoms with van der Waals surface area (Å²) in [5, 5.41) is 17.9. The fourth-order valence-corrected chi connectivity index (χ4v) is 0.997. The molecule has 0 saturated carbocycles. The summed E-state index contributed by atoms with van der Waals surface area (Å²) in [6, 6.07) is 0. The highest BCUT2D eigenvalue weighted by Gasteiger charge is 2.39. The molecule has 0 radical (unpaired) electrons. The zero-order valence-corrected chi connectivity index (χ0v) is 6.00. The van der Waals surface area contributed by atoms with Crippen molar-refractivity contribution in [1.29, 1.82) is 0 Å². The van der Waals surface area contributed by atoms with Gasteiger partial charge in [0.15, 0.2) is 5.78 Å². The summed E-state index contributed by atoms with van der Waals surface area (Å²) < 4.78 is 0. The molecule has 0 aromatic rings. The summed E-state index contributed by atoms with van der Waals surface area (Å²) >= 11 is 0. The largest absolute Gasteiger partial charge is 0.359 e. The summed E-state index contributed by atoms with van der Waals surface area (Å²) in [4.78, 5) is 21.6. The molecule has 0 aromatic carbocycles. The molecule has 0 aromatic heterocycles. The predicted octanol–water partition coefficient (Wildman–Crippen LogP) is -0.845. The van der Waals surface area contributed by atoms with Crippen molar-refractivity contribution in [1.82, 2.24) is 0 Å². The quantitative estimate of drug-likeness (QED) is 0.448. The van der Waals surface area contributed by atoms with Crippen LogP contribution < -0.4 is 0 Å². The maximum Gasteiger partial charge on any atom is 0.235 e. The summed E-state index contributed by atoms with van der Waals surface area (Å²) in [7, 11) is 0. The van der Waals surface area contributed by atoms with Crippen LogP contribution in [0, 0.1) is 0 Å². The van der Waals surface area contributed by atoms with Gasteiger partial charge in [0.25, 0.3) is 0 Å². The number of carbonyl (C=O) groups excluding carboxylic acids is 2. The predicted molar refractivity (Wildman–Crippen MR) is 35.6 cm³/mol. The smallest absolute Gasteiger partial charge is 0.235 e. The maximum atomic E-state index is 10.9. The number of hydrogen-bond donors (Lipinski definition) is 2. The minimum atomic E-state index is -2.48. The van der Waals surface area contributed by atoms with Crippen LogP contribution in [0.4, 0.5) is 0 Å². The van der Waals surface area contributed by atoms with Gasteiger partial charge in [-0.3, -0.25) is 9.59 Å². The van der Waals surface area contributed by atoms with Gasteiger partial charge in [-0.2, -0.15) is 0 Å². The molecule has 1 aliphatic rings. The minimum Gasteiger partial charge on any atom is -0.359 e. The van der Waals surface area contributed by atoms with Gasteiger partial charge in [0.2, 0.25) is 11.6 Å². The molecule has 11 heavy (non-hydrogen) atoms.